The van der Waals surface area contributed by atoms with Crippen molar-refractivity contribution in [3.8, 4) is 17.1 Å². The third-order valence-electron chi connectivity index (χ3n) is 9.26. The van der Waals surface area contributed by atoms with Crippen LogP contribution in [0.2, 0.25) is 0 Å². The third kappa shape index (κ3) is 6.34. The number of fused-ring (bicyclic) bond motifs is 2. The van der Waals surface area contributed by atoms with E-state index >= 15 is 0 Å². The molecule has 0 spiro atoms. The van der Waals surface area contributed by atoms with Crippen LogP contribution in [0.5, 0.6) is 0 Å². The molecule has 246 valence electrons. The molecule has 0 aliphatic carbocycles. The Bertz CT molecular complexity index is 2500. The van der Waals surface area contributed by atoms with E-state index in [-0.39, 0.29) is 0 Å². The van der Waals surface area contributed by atoms with Crippen LogP contribution in [0.3, 0.4) is 0 Å². The number of imidazole rings is 1. The van der Waals surface area contributed by atoms with Gasteiger partial charge in [0, 0.05) is 40.8 Å². The number of hydrogen-bond donors (Lipinski definition) is 1. The van der Waals surface area contributed by atoms with Crippen LogP contribution >= 0.6 is 0 Å². The standard InChI is InChI=1S/C46H37N5/c1-33-12-5-9-19-43(33)50(44-21-11-14-35-13-6-7-17-40(35)44)39-28-22-34(23-29-39)30-31-48-42(32-47)36-24-26-37(27-25-36)46-49-41-18-8-10-20-45(41)51(46)38-15-3-2-4-16-38/h2-31H,32,47H2,1H3/b31-30+,48-42+. The van der Waals surface area contributed by atoms with Gasteiger partial charge in [0.05, 0.1) is 22.4 Å². The Morgan fingerprint density at radius 3 is 2.18 bits per heavy atom. The fraction of sp³-hybridized carbons (Fsp3) is 0.0435. The van der Waals surface area contributed by atoms with Gasteiger partial charge >= 0.3 is 0 Å². The van der Waals surface area contributed by atoms with Crippen LogP contribution in [0.1, 0.15) is 16.7 Å². The quantitative estimate of drug-likeness (QED) is 0.157. The lowest BCUT2D eigenvalue weighted by Gasteiger charge is -2.28. The van der Waals surface area contributed by atoms with Gasteiger partial charge in [-0.2, -0.15) is 0 Å². The van der Waals surface area contributed by atoms with E-state index in [4.69, 9.17) is 15.7 Å². The van der Waals surface area contributed by atoms with Crippen LogP contribution in [0.15, 0.2) is 181 Å². The third-order valence-corrected chi connectivity index (χ3v) is 9.26. The minimum absolute atomic E-state index is 0.321. The molecule has 1 heterocycles. The van der Waals surface area contributed by atoms with E-state index in [1.165, 1.54) is 16.3 Å². The second kappa shape index (κ2) is 14.1. The highest BCUT2D eigenvalue weighted by Gasteiger charge is 2.17. The molecule has 51 heavy (non-hydrogen) atoms. The van der Waals surface area contributed by atoms with E-state index in [0.29, 0.717) is 6.54 Å². The number of aryl methyl sites for hydroxylation is 1. The fourth-order valence-corrected chi connectivity index (χ4v) is 6.69. The van der Waals surface area contributed by atoms with Gasteiger partial charge in [-0.05, 0) is 83.6 Å². The molecule has 0 fully saturated rings. The Kier molecular flexibility index (Phi) is 8.77. The van der Waals surface area contributed by atoms with Crippen molar-refractivity contribution in [1.29, 1.82) is 0 Å². The molecule has 0 amide bonds. The molecular weight excluding hydrogens is 623 g/mol. The molecule has 0 radical (unpaired) electrons. The summed E-state index contributed by atoms with van der Waals surface area (Å²) in [7, 11) is 0. The first-order chi connectivity index (χ1) is 25.2. The minimum Gasteiger partial charge on any atom is -0.325 e. The first-order valence-electron chi connectivity index (χ1n) is 17.2. The molecule has 8 rings (SSSR count). The minimum atomic E-state index is 0.321. The van der Waals surface area contributed by atoms with Crippen molar-refractivity contribution in [2.24, 2.45) is 10.7 Å². The average molecular weight is 660 g/mol. The van der Waals surface area contributed by atoms with Gasteiger partial charge in [0.1, 0.15) is 5.82 Å². The highest BCUT2D eigenvalue weighted by molar-refractivity contribution is 6.03. The van der Waals surface area contributed by atoms with Crippen LogP contribution in [-0.2, 0) is 0 Å². The van der Waals surface area contributed by atoms with E-state index in [1.54, 1.807) is 0 Å². The number of hydrogen-bond acceptors (Lipinski definition) is 4. The highest BCUT2D eigenvalue weighted by Crippen LogP contribution is 2.40. The Labute approximate surface area is 298 Å². The Morgan fingerprint density at radius 2 is 1.37 bits per heavy atom. The number of benzene rings is 7. The van der Waals surface area contributed by atoms with Crippen molar-refractivity contribution in [1.82, 2.24) is 9.55 Å². The normalized spacial score (nSPS) is 11.8. The second-order valence-corrected chi connectivity index (χ2v) is 12.5. The van der Waals surface area contributed by atoms with Gasteiger partial charge in [0.2, 0.25) is 0 Å². The van der Waals surface area contributed by atoms with E-state index in [1.807, 2.05) is 24.4 Å². The average Bonchev–Trinajstić information content (AvgIpc) is 3.58. The molecule has 5 nitrogen and oxygen atoms in total. The molecular formula is C46H37N5. The zero-order valence-electron chi connectivity index (χ0n) is 28.4. The maximum absolute atomic E-state index is 6.21. The largest absolute Gasteiger partial charge is 0.325 e. The van der Waals surface area contributed by atoms with Gasteiger partial charge in [0.25, 0.3) is 0 Å². The molecule has 0 aliphatic heterocycles. The SMILES string of the molecule is Cc1ccccc1N(c1ccc(/C=C/N=C(\CN)c2ccc(-c3nc4ccccc4n3-c3ccccc3)cc2)cc1)c1cccc2ccccc12. The van der Waals surface area contributed by atoms with Crippen molar-refractivity contribution in [3.63, 3.8) is 0 Å². The molecule has 0 saturated heterocycles. The highest BCUT2D eigenvalue weighted by atomic mass is 15.1. The lowest BCUT2D eigenvalue weighted by atomic mass is 10.0. The summed E-state index contributed by atoms with van der Waals surface area (Å²) in [4.78, 5) is 12.1. The lowest BCUT2D eigenvalue weighted by Crippen LogP contribution is -2.14. The van der Waals surface area contributed by atoms with E-state index in [2.05, 4.69) is 174 Å². The predicted octanol–water partition coefficient (Wildman–Crippen LogP) is 11.0. The number of aliphatic imine (C=N–C) groups is 1. The molecule has 5 heteroatoms. The van der Waals surface area contributed by atoms with E-state index < -0.39 is 0 Å². The van der Waals surface area contributed by atoms with Crippen LogP contribution < -0.4 is 10.6 Å². The zero-order chi connectivity index (χ0) is 34.6. The maximum atomic E-state index is 6.21. The summed E-state index contributed by atoms with van der Waals surface area (Å²) >= 11 is 0. The van der Waals surface area contributed by atoms with Gasteiger partial charge in [0.15, 0.2) is 0 Å². The van der Waals surface area contributed by atoms with Crippen molar-refractivity contribution < 1.29 is 0 Å². The van der Waals surface area contributed by atoms with Crippen LogP contribution in [0.25, 0.3) is 45.0 Å². The molecule has 0 unspecified atom stereocenters. The van der Waals surface area contributed by atoms with Crippen molar-refractivity contribution in [2.75, 3.05) is 11.4 Å². The Hall–Kier alpha value is -6.56. The Balaban J connectivity index is 1.06. The second-order valence-electron chi connectivity index (χ2n) is 12.5. The monoisotopic (exact) mass is 659 g/mol. The number of nitrogens with zero attached hydrogens (tertiary/aromatic N) is 4. The molecule has 0 aliphatic rings. The van der Waals surface area contributed by atoms with Crippen LogP contribution in [-0.4, -0.2) is 21.8 Å². The summed E-state index contributed by atoms with van der Waals surface area (Å²) in [5.74, 6) is 0.893. The lowest BCUT2D eigenvalue weighted by molar-refractivity contribution is 1.10. The fourth-order valence-electron chi connectivity index (χ4n) is 6.69. The first kappa shape index (κ1) is 31.7. The molecule has 0 atom stereocenters. The molecule has 8 aromatic rings. The number of anilines is 3. The van der Waals surface area contributed by atoms with Crippen LogP contribution in [0.4, 0.5) is 17.1 Å². The van der Waals surface area contributed by atoms with Crippen molar-refractivity contribution in [3.05, 3.63) is 193 Å². The summed E-state index contributed by atoms with van der Waals surface area (Å²) in [5.41, 5.74) is 17.8. The summed E-state index contributed by atoms with van der Waals surface area (Å²) in [6, 6.07) is 59.1. The number of aromatic nitrogens is 2. The predicted molar refractivity (Wildman–Crippen MR) is 214 cm³/mol. The van der Waals surface area contributed by atoms with E-state index in [9.17, 15) is 0 Å². The van der Waals surface area contributed by atoms with Gasteiger partial charge in [-0.3, -0.25) is 9.56 Å². The maximum Gasteiger partial charge on any atom is 0.145 e. The molecule has 0 saturated carbocycles. The van der Waals surface area contributed by atoms with Crippen molar-refractivity contribution in [2.45, 2.75) is 6.92 Å². The summed E-state index contributed by atoms with van der Waals surface area (Å²) in [6.07, 6.45) is 3.86. The molecule has 1 aromatic heterocycles. The van der Waals surface area contributed by atoms with Gasteiger partial charge in [-0.1, -0.05) is 121 Å². The topological polar surface area (TPSA) is 59.4 Å². The summed E-state index contributed by atoms with van der Waals surface area (Å²) in [5, 5.41) is 2.42. The van der Waals surface area contributed by atoms with Gasteiger partial charge < -0.3 is 10.6 Å². The summed E-state index contributed by atoms with van der Waals surface area (Å²) < 4.78 is 2.21. The molecule has 7 aromatic carbocycles. The Morgan fingerprint density at radius 1 is 0.686 bits per heavy atom. The van der Waals surface area contributed by atoms with Crippen LogP contribution in [0, 0.1) is 6.92 Å². The number of nitrogens with two attached hydrogens (primary N) is 1. The first-order valence-corrected chi connectivity index (χ1v) is 17.2. The number of rotatable bonds is 9. The zero-order valence-corrected chi connectivity index (χ0v) is 28.4. The summed E-state index contributed by atoms with van der Waals surface area (Å²) in [6.45, 7) is 2.48. The van der Waals surface area contributed by atoms with Crippen molar-refractivity contribution >= 4 is 50.7 Å². The van der Waals surface area contributed by atoms with E-state index in [0.717, 1.165) is 62.0 Å². The van der Waals surface area contributed by atoms with Gasteiger partial charge in [-0.25, -0.2) is 4.98 Å². The van der Waals surface area contributed by atoms with Gasteiger partial charge in [-0.15, -0.1) is 0 Å². The molecule has 2 N–H and O–H groups in total. The smallest absolute Gasteiger partial charge is 0.145 e. The molecule has 0 bridgehead atoms. The number of para-hydroxylation sites is 4.